The van der Waals surface area contributed by atoms with Crippen molar-refractivity contribution in [3.05, 3.63) is 102 Å². The van der Waals surface area contributed by atoms with Crippen molar-refractivity contribution in [1.82, 2.24) is 0 Å². The second-order valence-corrected chi connectivity index (χ2v) is 6.73. The summed E-state index contributed by atoms with van der Waals surface area (Å²) in [6.45, 7) is 3.66. The van der Waals surface area contributed by atoms with Gasteiger partial charge in [0.2, 0.25) is 0 Å². The molecule has 0 unspecified atom stereocenters. The number of carboxylic acids is 1. The average molecular weight is 414 g/mol. The molecule has 0 heterocycles. The van der Waals surface area contributed by atoms with Crippen molar-refractivity contribution in [2.24, 2.45) is 0 Å². The van der Waals surface area contributed by atoms with E-state index in [1.165, 1.54) is 5.56 Å². The Morgan fingerprint density at radius 1 is 1.03 bits per heavy atom. The van der Waals surface area contributed by atoms with Crippen molar-refractivity contribution in [2.75, 3.05) is 12.3 Å². The molecule has 4 nitrogen and oxygen atoms in total. The number of nitrogens with two attached hydrogens (primary N) is 1. The molecule has 0 fully saturated rings. The van der Waals surface area contributed by atoms with Crippen LogP contribution in [0.15, 0.2) is 84.9 Å². The Kier molecular flexibility index (Phi) is 9.45. The van der Waals surface area contributed by atoms with Gasteiger partial charge in [0, 0.05) is 11.1 Å². The van der Waals surface area contributed by atoms with Gasteiger partial charge in [0.25, 0.3) is 0 Å². The molecule has 0 aliphatic carbocycles. The van der Waals surface area contributed by atoms with Gasteiger partial charge in [-0.05, 0) is 48.7 Å². The fraction of sp³-hybridized carbons (Fsp3) is 0.148. The van der Waals surface area contributed by atoms with Gasteiger partial charge >= 0.3 is 5.97 Å². The van der Waals surface area contributed by atoms with E-state index in [2.05, 4.69) is 37.0 Å². The molecule has 3 aromatic rings. The lowest BCUT2D eigenvalue weighted by atomic mass is 10.0. The van der Waals surface area contributed by atoms with Crippen molar-refractivity contribution < 1.29 is 14.6 Å². The summed E-state index contributed by atoms with van der Waals surface area (Å²) in [6, 6.07) is 25.6. The van der Waals surface area contributed by atoms with Gasteiger partial charge < -0.3 is 15.6 Å². The first kappa shape index (κ1) is 23.3. The van der Waals surface area contributed by atoms with Crippen LogP contribution in [0.1, 0.15) is 30.0 Å². The molecule has 3 aromatic carbocycles. The molecule has 0 spiro atoms. The summed E-state index contributed by atoms with van der Waals surface area (Å²) in [4.78, 5) is 10.2. The summed E-state index contributed by atoms with van der Waals surface area (Å²) in [5.41, 5.74) is 10.4. The number of hydrogen-bond acceptors (Lipinski definition) is 3. The molecule has 31 heavy (non-hydrogen) atoms. The number of allylic oxidation sites excluding steroid dienone is 2. The molecular formula is C27H27NO3. The van der Waals surface area contributed by atoms with Gasteiger partial charge in [0.1, 0.15) is 5.75 Å². The Hall–Kier alpha value is -3.97. The number of benzene rings is 3. The second kappa shape index (κ2) is 12.6. The fourth-order valence-electron chi connectivity index (χ4n) is 2.66. The highest BCUT2D eigenvalue weighted by molar-refractivity contribution is 5.79. The Morgan fingerprint density at radius 3 is 2.26 bits per heavy atom. The first-order valence-corrected chi connectivity index (χ1v) is 10.0. The maximum Gasteiger partial charge on any atom is 0.341 e. The SMILES string of the molecule is CC/C=C(\C#Cc1ccccc1)c1ccccc1.Cc1ccc(OCC(=O)O)c(N)c1. The minimum Gasteiger partial charge on any atom is -0.480 e. The smallest absolute Gasteiger partial charge is 0.341 e. The number of carbonyl (C=O) groups is 1. The zero-order valence-electron chi connectivity index (χ0n) is 17.8. The Labute approximate surface area is 184 Å². The average Bonchev–Trinajstić information content (AvgIpc) is 2.78. The number of ether oxygens (including phenoxy) is 1. The van der Waals surface area contributed by atoms with Gasteiger partial charge in [-0.2, -0.15) is 0 Å². The van der Waals surface area contributed by atoms with Crippen LogP contribution in [0.5, 0.6) is 5.75 Å². The first-order valence-electron chi connectivity index (χ1n) is 10.0. The molecule has 4 heteroatoms. The van der Waals surface area contributed by atoms with Crippen LogP contribution in [0.2, 0.25) is 0 Å². The van der Waals surface area contributed by atoms with Crippen LogP contribution in [0.3, 0.4) is 0 Å². The third-order valence-corrected chi connectivity index (χ3v) is 4.12. The standard InChI is InChI=1S/C18H16.C9H11NO3/c1-2-9-17(18-12-7-4-8-13-18)15-14-16-10-5-3-6-11-16;1-6-2-3-8(7(10)4-6)13-5-9(11)12/h3-13H,2H2,1H3;2-4H,5,10H2,1H3,(H,11,12)/b17-9+;. The predicted octanol–water partition coefficient (Wildman–Crippen LogP) is 5.57. The molecule has 0 amide bonds. The zero-order chi connectivity index (χ0) is 22.5. The van der Waals surface area contributed by atoms with E-state index < -0.39 is 5.97 Å². The lowest BCUT2D eigenvalue weighted by Crippen LogP contribution is -2.10. The molecule has 158 valence electrons. The molecule has 0 aliphatic heterocycles. The van der Waals surface area contributed by atoms with E-state index in [4.69, 9.17) is 15.6 Å². The Bertz CT molecular complexity index is 1060. The van der Waals surface area contributed by atoms with Crippen LogP contribution in [0.25, 0.3) is 5.57 Å². The summed E-state index contributed by atoms with van der Waals surface area (Å²) >= 11 is 0. The van der Waals surface area contributed by atoms with E-state index in [1.54, 1.807) is 12.1 Å². The van der Waals surface area contributed by atoms with Crippen LogP contribution in [-0.2, 0) is 4.79 Å². The van der Waals surface area contributed by atoms with Crippen molar-refractivity contribution in [3.8, 4) is 17.6 Å². The van der Waals surface area contributed by atoms with Gasteiger partial charge in [-0.25, -0.2) is 4.79 Å². The van der Waals surface area contributed by atoms with Gasteiger partial charge in [-0.3, -0.25) is 0 Å². The van der Waals surface area contributed by atoms with E-state index in [1.807, 2.05) is 61.5 Å². The highest BCUT2D eigenvalue weighted by atomic mass is 16.5. The van der Waals surface area contributed by atoms with Gasteiger partial charge in [0.15, 0.2) is 6.61 Å². The largest absolute Gasteiger partial charge is 0.480 e. The molecule has 0 radical (unpaired) electrons. The van der Waals surface area contributed by atoms with Crippen LogP contribution in [0.4, 0.5) is 5.69 Å². The first-order chi connectivity index (χ1) is 15.0. The van der Waals surface area contributed by atoms with E-state index >= 15 is 0 Å². The van der Waals surface area contributed by atoms with Gasteiger partial charge in [0.05, 0.1) is 5.69 Å². The number of hydrogen-bond donors (Lipinski definition) is 2. The summed E-state index contributed by atoms with van der Waals surface area (Å²) in [7, 11) is 0. The second-order valence-electron chi connectivity index (χ2n) is 6.73. The van der Waals surface area contributed by atoms with E-state index in [0.717, 1.165) is 23.1 Å². The van der Waals surface area contributed by atoms with Crippen molar-refractivity contribution >= 4 is 17.2 Å². The zero-order valence-corrected chi connectivity index (χ0v) is 17.8. The minimum atomic E-state index is -1.01. The van der Waals surface area contributed by atoms with Crippen molar-refractivity contribution in [2.45, 2.75) is 20.3 Å². The van der Waals surface area contributed by atoms with Crippen LogP contribution in [-0.4, -0.2) is 17.7 Å². The van der Waals surface area contributed by atoms with E-state index in [9.17, 15) is 4.79 Å². The Balaban J connectivity index is 0.000000233. The highest BCUT2D eigenvalue weighted by Gasteiger charge is 2.02. The maximum atomic E-state index is 10.2. The Morgan fingerprint density at radius 2 is 1.68 bits per heavy atom. The van der Waals surface area contributed by atoms with Gasteiger partial charge in [-0.1, -0.05) is 79.4 Å². The third-order valence-electron chi connectivity index (χ3n) is 4.12. The number of aliphatic carboxylic acids is 1. The van der Waals surface area contributed by atoms with Crippen molar-refractivity contribution in [1.29, 1.82) is 0 Å². The molecule has 0 atom stereocenters. The quantitative estimate of drug-likeness (QED) is 0.423. The molecule has 3 rings (SSSR count). The lowest BCUT2D eigenvalue weighted by Gasteiger charge is -2.06. The number of carboxylic acid groups (broad SMARTS) is 1. The van der Waals surface area contributed by atoms with Crippen LogP contribution < -0.4 is 10.5 Å². The molecular weight excluding hydrogens is 386 g/mol. The van der Waals surface area contributed by atoms with Crippen LogP contribution in [0, 0.1) is 18.8 Å². The van der Waals surface area contributed by atoms with Crippen LogP contribution >= 0.6 is 0 Å². The fourth-order valence-corrected chi connectivity index (χ4v) is 2.66. The summed E-state index contributed by atoms with van der Waals surface area (Å²) in [5, 5.41) is 8.35. The molecule has 0 aromatic heterocycles. The highest BCUT2D eigenvalue weighted by Crippen LogP contribution is 2.21. The summed E-state index contributed by atoms with van der Waals surface area (Å²) < 4.78 is 4.93. The monoisotopic (exact) mass is 413 g/mol. The number of anilines is 1. The van der Waals surface area contributed by atoms with E-state index in [-0.39, 0.29) is 6.61 Å². The van der Waals surface area contributed by atoms with Gasteiger partial charge in [-0.15, -0.1) is 0 Å². The van der Waals surface area contributed by atoms with Crippen molar-refractivity contribution in [3.63, 3.8) is 0 Å². The number of nitrogen functional groups attached to an aromatic ring is 1. The number of aryl methyl sites for hydroxylation is 1. The normalized spacial score (nSPS) is 10.2. The topological polar surface area (TPSA) is 72.5 Å². The molecule has 0 saturated heterocycles. The molecule has 0 bridgehead atoms. The predicted molar refractivity (Wildman–Crippen MR) is 127 cm³/mol. The molecule has 0 saturated carbocycles. The maximum absolute atomic E-state index is 10.2. The summed E-state index contributed by atoms with van der Waals surface area (Å²) in [5.74, 6) is 5.87. The third kappa shape index (κ3) is 8.51. The summed E-state index contributed by atoms with van der Waals surface area (Å²) in [6.07, 6.45) is 3.17. The lowest BCUT2D eigenvalue weighted by molar-refractivity contribution is -0.139. The molecule has 3 N–H and O–H groups in total. The number of rotatable bonds is 5. The molecule has 0 aliphatic rings. The minimum absolute atomic E-state index is 0.368. The van der Waals surface area contributed by atoms with E-state index in [0.29, 0.717) is 11.4 Å².